The average Bonchev–Trinajstić information content (AvgIpc) is 2.27. The standard InChI is InChI=1S/C13H11ClINO2S/c1-9-5-6-13(12(14)7-9)19(17,18)16-11-4-2-3-10(15)8-11/h2-8,16H,1H3. The van der Waals surface area contributed by atoms with Crippen molar-refractivity contribution in [3.05, 3.63) is 56.6 Å². The molecule has 0 unspecified atom stereocenters. The fraction of sp³-hybridized carbons (Fsp3) is 0.0769. The summed E-state index contributed by atoms with van der Waals surface area (Å²) in [6.45, 7) is 1.86. The van der Waals surface area contributed by atoms with Gasteiger partial charge in [0, 0.05) is 9.26 Å². The van der Waals surface area contributed by atoms with E-state index in [1.165, 1.54) is 6.07 Å². The van der Waals surface area contributed by atoms with E-state index in [4.69, 9.17) is 11.6 Å². The fourth-order valence-corrected chi connectivity index (χ4v) is 3.78. The number of benzene rings is 2. The van der Waals surface area contributed by atoms with Gasteiger partial charge in [-0.25, -0.2) is 8.42 Å². The van der Waals surface area contributed by atoms with Gasteiger partial charge < -0.3 is 0 Å². The van der Waals surface area contributed by atoms with Gasteiger partial charge in [-0.05, 0) is 65.4 Å². The Labute approximate surface area is 131 Å². The first-order chi connectivity index (χ1) is 8.88. The quantitative estimate of drug-likeness (QED) is 0.780. The summed E-state index contributed by atoms with van der Waals surface area (Å²) >= 11 is 8.11. The van der Waals surface area contributed by atoms with Gasteiger partial charge in [-0.15, -0.1) is 0 Å². The minimum atomic E-state index is -3.66. The van der Waals surface area contributed by atoms with E-state index in [1.54, 1.807) is 30.3 Å². The minimum Gasteiger partial charge on any atom is -0.280 e. The fourth-order valence-electron chi connectivity index (χ4n) is 1.59. The van der Waals surface area contributed by atoms with Crippen molar-refractivity contribution in [2.24, 2.45) is 0 Å². The minimum absolute atomic E-state index is 0.0821. The molecule has 0 spiro atoms. The van der Waals surface area contributed by atoms with Crippen molar-refractivity contribution in [1.29, 1.82) is 0 Å². The van der Waals surface area contributed by atoms with E-state index in [2.05, 4.69) is 27.3 Å². The molecule has 2 aromatic carbocycles. The van der Waals surface area contributed by atoms with E-state index in [-0.39, 0.29) is 9.92 Å². The highest BCUT2D eigenvalue weighted by Gasteiger charge is 2.17. The number of sulfonamides is 1. The van der Waals surface area contributed by atoms with Gasteiger partial charge in [0.1, 0.15) is 4.90 Å². The first-order valence-corrected chi connectivity index (χ1v) is 8.37. The summed E-state index contributed by atoms with van der Waals surface area (Å²) in [4.78, 5) is 0.0821. The number of nitrogens with one attached hydrogen (secondary N) is 1. The molecule has 0 atom stereocenters. The summed E-state index contributed by atoms with van der Waals surface area (Å²) in [7, 11) is -3.66. The Morgan fingerprint density at radius 2 is 1.89 bits per heavy atom. The number of hydrogen-bond donors (Lipinski definition) is 1. The highest BCUT2D eigenvalue weighted by Crippen LogP contribution is 2.25. The molecule has 0 radical (unpaired) electrons. The molecule has 2 aromatic rings. The second kappa shape index (κ2) is 5.68. The van der Waals surface area contributed by atoms with Crippen molar-refractivity contribution in [1.82, 2.24) is 0 Å². The zero-order valence-electron chi connectivity index (χ0n) is 10.0. The lowest BCUT2D eigenvalue weighted by Gasteiger charge is -2.10. The van der Waals surface area contributed by atoms with E-state index in [0.717, 1.165) is 9.13 Å². The van der Waals surface area contributed by atoms with Crippen molar-refractivity contribution in [2.45, 2.75) is 11.8 Å². The van der Waals surface area contributed by atoms with Crippen LogP contribution in [0, 0.1) is 10.5 Å². The van der Waals surface area contributed by atoms with Crippen LogP contribution in [0.15, 0.2) is 47.4 Å². The molecule has 0 aliphatic rings. The number of rotatable bonds is 3. The molecule has 2 rings (SSSR count). The monoisotopic (exact) mass is 407 g/mol. The van der Waals surface area contributed by atoms with E-state index >= 15 is 0 Å². The van der Waals surface area contributed by atoms with Gasteiger partial charge in [0.05, 0.1) is 5.02 Å². The van der Waals surface area contributed by atoms with Gasteiger partial charge >= 0.3 is 0 Å². The topological polar surface area (TPSA) is 46.2 Å². The van der Waals surface area contributed by atoms with Crippen LogP contribution < -0.4 is 4.72 Å². The zero-order valence-corrected chi connectivity index (χ0v) is 13.8. The van der Waals surface area contributed by atoms with Crippen LogP contribution in [0.1, 0.15) is 5.56 Å². The van der Waals surface area contributed by atoms with Crippen LogP contribution in [0.25, 0.3) is 0 Å². The maximum atomic E-state index is 12.2. The summed E-state index contributed by atoms with van der Waals surface area (Å²) in [5.41, 5.74) is 1.43. The van der Waals surface area contributed by atoms with E-state index in [9.17, 15) is 8.42 Å². The lowest BCUT2D eigenvalue weighted by molar-refractivity contribution is 0.601. The summed E-state index contributed by atoms with van der Waals surface area (Å²) in [5, 5.41) is 0.220. The van der Waals surface area contributed by atoms with Crippen LogP contribution in [0.2, 0.25) is 5.02 Å². The molecule has 0 aromatic heterocycles. The molecule has 0 amide bonds. The van der Waals surface area contributed by atoms with E-state index < -0.39 is 10.0 Å². The molecule has 3 nitrogen and oxygen atoms in total. The number of anilines is 1. The van der Waals surface area contributed by atoms with Crippen molar-refractivity contribution < 1.29 is 8.42 Å². The normalized spacial score (nSPS) is 11.3. The Morgan fingerprint density at radius 1 is 1.16 bits per heavy atom. The molecular weight excluding hydrogens is 397 g/mol. The molecular formula is C13H11ClINO2S. The number of halogens is 2. The average molecular weight is 408 g/mol. The van der Waals surface area contributed by atoms with Gasteiger partial charge in [0.15, 0.2) is 0 Å². The van der Waals surface area contributed by atoms with Crippen molar-refractivity contribution in [2.75, 3.05) is 4.72 Å². The maximum Gasteiger partial charge on any atom is 0.263 e. The molecule has 1 N–H and O–H groups in total. The molecule has 0 aliphatic carbocycles. The molecule has 0 fully saturated rings. The van der Waals surface area contributed by atoms with Crippen LogP contribution in [-0.4, -0.2) is 8.42 Å². The first-order valence-electron chi connectivity index (χ1n) is 5.43. The van der Waals surface area contributed by atoms with Gasteiger partial charge in [0.2, 0.25) is 0 Å². The van der Waals surface area contributed by atoms with Gasteiger partial charge in [0.25, 0.3) is 10.0 Å². The molecule has 100 valence electrons. The van der Waals surface area contributed by atoms with Gasteiger partial charge in [-0.3, -0.25) is 4.72 Å². The number of aryl methyl sites for hydroxylation is 1. The smallest absolute Gasteiger partial charge is 0.263 e. The second-order valence-corrected chi connectivity index (χ2v) is 7.35. The van der Waals surface area contributed by atoms with E-state index in [0.29, 0.717) is 5.69 Å². The Kier molecular flexibility index (Phi) is 4.37. The van der Waals surface area contributed by atoms with Crippen LogP contribution in [0.4, 0.5) is 5.69 Å². The van der Waals surface area contributed by atoms with Crippen LogP contribution in [0.3, 0.4) is 0 Å². The Hall–Kier alpha value is -0.790. The zero-order chi connectivity index (χ0) is 14.0. The summed E-state index contributed by atoms with van der Waals surface area (Å²) in [5.74, 6) is 0. The Morgan fingerprint density at radius 3 is 2.53 bits per heavy atom. The van der Waals surface area contributed by atoms with Crippen LogP contribution >= 0.6 is 34.2 Å². The second-order valence-electron chi connectivity index (χ2n) is 4.05. The Balaban J connectivity index is 2.38. The highest BCUT2D eigenvalue weighted by molar-refractivity contribution is 14.1. The van der Waals surface area contributed by atoms with E-state index in [1.807, 2.05) is 13.0 Å². The van der Waals surface area contributed by atoms with Crippen LogP contribution in [-0.2, 0) is 10.0 Å². The van der Waals surface area contributed by atoms with Crippen molar-refractivity contribution in [3.8, 4) is 0 Å². The third-order valence-electron chi connectivity index (χ3n) is 2.45. The predicted molar refractivity (Wildman–Crippen MR) is 86.2 cm³/mol. The first kappa shape index (κ1) is 14.6. The maximum absolute atomic E-state index is 12.2. The lowest BCUT2D eigenvalue weighted by atomic mass is 10.2. The summed E-state index contributed by atoms with van der Waals surface area (Å²) < 4.78 is 28.0. The van der Waals surface area contributed by atoms with Crippen LogP contribution in [0.5, 0.6) is 0 Å². The largest absolute Gasteiger partial charge is 0.280 e. The molecule has 0 saturated heterocycles. The lowest BCUT2D eigenvalue weighted by Crippen LogP contribution is -2.13. The molecule has 0 saturated carbocycles. The number of hydrogen-bond acceptors (Lipinski definition) is 2. The molecule has 0 heterocycles. The SMILES string of the molecule is Cc1ccc(S(=O)(=O)Nc2cccc(I)c2)c(Cl)c1. The molecule has 0 bridgehead atoms. The van der Waals surface area contributed by atoms with Crippen molar-refractivity contribution >= 4 is 49.9 Å². The summed E-state index contributed by atoms with van der Waals surface area (Å²) in [6, 6.07) is 12.0. The third-order valence-corrected chi connectivity index (χ3v) is 4.99. The summed E-state index contributed by atoms with van der Waals surface area (Å²) in [6.07, 6.45) is 0. The molecule has 19 heavy (non-hydrogen) atoms. The highest BCUT2D eigenvalue weighted by atomic mass is 127. The third kappa shape index (κ3) is 3.61. The predicted octanol–water partition coefficient (Wildman–Crippen LogP) is 4.05. The molecule has 6 heteroatoms. The Bertz CT molecular complexity index is 716. The molecule has 0 aliphatic heterocycles. The van der Waals surface area contributed by atoms with Gasteiger partial charge in [-0.2, -0.15) is 0 Å². The van der Waals surface area contributed by atoms with Crippen molar-refractivity contribution in [3.63, 3.8) is 0 Å². The van der Waals surface area contributed by atoms with Gasteiger partial charge in [-0.1, -0.05) is 23.7 Å².